The van der Waals surface area contributed by atoms with Crippen LogP contribution in [-0.4, -0.2) is 30.7 Å². The molecule has 1 atom stereocenters. The second-order valence-electron chi connectivity index (χ2n) is 6.86. The van der Waals surface area contributed by atoms with E-state index in [1.807, 2.05) is 25.1 Å². The first kappa shape index (κ1) is 23.5. The number of rotatable bonds is 9. The second kappa shape index (κ2) is 11.4. The minimum absolute atomic E-state index is 0. The smallest absolute Gasteiger partial charge is 0.191 e. The van der Waals surface area contributed by atoms with Gasteiger partial charge in [0, 0.05) is 24.4 Å². The van der Waals surface area contributed by atoms with E-state index in [-0.39, 0.29) is 30.5 Å². The quantitative estimate of drug-likeness (QED) is 0.221. The molecule has 3 rings (SSSR count). The minimum atomic E-state index is -1.17. The van der Waals surface area contributed by atoms with Crippen molar-refractivity contribution < 1.29 is 13.9 Å². The molecular weight excluding hydrogens is 501 g/mol. The number of guanidine groups is 1. The minimum Gasteiger partial charge on any atom is -0.469 e. The van der Waals surface area contributed by atoms with Gasteiger partial charge in [0.05, 0.1) is 12.8 Å². The maximum absolute atomic E-state index is 10.7. The lowest BCUT2D eigenvalue weighted by Crippen LogP contribution is -2.40. The van der Waals surface area contributed by atoms with E-state index in [9.17, 15) is 5.11 Å². The molecule has 29 heavy (non-hydrogen) atoms. The fourth-order valence-electron chi connectivity index (χ4n) is 2.73. The largest absolute Gasteiger partial charge is 0.469 e. The lowest BCUT2D eigenvalue weighted by Gasteiger charge is -2.20. The molecule has 0 bridgehead atoms. The van der Waals surface area contributed by atoms with E-state index in [2.05, 4.69) is 33.1 Å². The molecule has 158 valence electrons. The number of nitrogens with one attached hydrogen (secondary N) is 2. The van der Waals surface area contributed by atoms with E-state index in [0.29, 0.717) is 18.3 Å². The zero-order valence-electron chi connectivity index (χ0n) is 16.7. The van der Waals surface area contributed by atoms with Gasteiger partial charge in [-0.3, -0.25) is 0 Å². The monoisotopic (exact) mass is 529 g/mol. The van der Waals surface area contributed by atoms with Crippen molar-refractivity contribution in [2.75, 3.05) is 19.6 Å². The SMILES string of the molecule is Cc1ccc(C(C)(O)CN=C(NCCc2ccco2)NCCc2cccs2)o1.I. The number of halogens is 1. The zero-order chi connectivity index (χ0) is 19.8. The van der Waals surface area contributed by atoms with Gasteiger partial charge in [-0.25, -0.2) is 4.99 Å². The van der Waals surface area contributed by atoms with Crippen molar-refractivity contribution in [3.63, 3.8) is 0 Å². The third-order valence-electron chi connectivity index (χ3n) is 4.30. The van der Waals surface area contributed by atoms with Crippen LogP contribution in [0, 0.1) is 6.92 Å². The Hall–Kier alpha value is -1.78. The first-order valence-electron chi connectivity index (χ1n) is 9.39. The lowest BCUT2D eigenvalue weighted by molar-refractivity contribution is 0.0428. The lowest BCUT2D eigenvalue weighted by atomic mass is 10.0. The van der Waals surface area contributed by atoms with Gasteiger partial charge in [0.1, 0.15) is 22.9 Å². The fraction of sp³-hybridized carbons (Fsp3) is 0.381. The summed E-state index contributed by atoms with van der Waals surface area (Å²) >= 11 is 1.74. The summed E-state index contributed by atoms with van der Waals surface area (Å²) in [6.07, 6.45) is 3.35. The van der Waals surface area contributed by atoms with Crippen LogP contribution in [0.1, 0.15) is 29.1 Å². The van der Waals surface area contributed by atoms with Crippen molar-refractivity contribution in [1.29, 1.82) is 0 Å². The van der Waals surface area contributed by atoms with Crippen molar-refractivity contribution in [1.82, 2.24) is 10.6 Å². The molecule has 8 heteroatoms. The van der Waals surface area contributed by atoms with Crippen LogP contribution in [0.25, 0.3) is 0 Å². The highest BCUT2D eigenvalue weighted by molar-refractivity contribution is 14.0. The third-order valence-corrected chi connectivity index (χ3v) is 5.24. The molecule has 3 aromatic heterocycles. The number of aliphatic hydroxyl groups is 1. The predicted octanol–water partition coefficient (Wildman–Crippen LogP) is 4.09. The van der Waals surface area contributed by atoms with Crippen molar-refractivity contribution in [2.24, 2.45) is 4.99 Å². The molecule has 0 aromatic carbocycles. The highest BCUT2D eigenvalue weighted by atomic mass is 127. The van der Waals surface area contributed by atoms with Crippen LogP contribution in [0.5, 0.6) is 0 Å². The maximum atomic E-state index is 10.7. The van der Waals surface area contributed by atoms with Crippen molar-refractivity contribution in [3.05, 3.63) is 70.2 Å². The summed E-state index contributed by atoms with van der Waals surface area (Å²) in [6.45, 7) is 5.20. The number of hydrogen-bond acceptors (Lipinski definition) is 5. The Bertz CT molecular complexity index is 816. The Morgan fingerprint density at radius 1 is 1.14 bits per heavy atom. The molecule has 3 aromatic rings. The Morgan fingerprint density at radius 3 is 2.55 bits per heavy atom. The van der Waals surface area contributed by atoms with E-state index in [4.69, 9.17) is 8.83 Å². The Labute approximate surface area is 192 Å². The molecule has 1 unspecified atom stereocenters. The highest BCUT2D eigenvalue weighted by Gasteiger charge is 2.26. The van der Waals surface area contributed by atoms with E-state index in [1.54, 1.807) is 30.6 Å². The topological polar surface area (TPSA) is 82.9 Å². The van der Waals surface area contributed by atoms with Crippen LogP contribution in [0.15, 0.2) is 61.9 Å². The molecule has 0 aliphatic rings. The first-order valence-corrected chi connectivity index (χ1v) is 10.3. The molecule has 3 heterocycles. The van der Waals surface area contributed by atoms with Gasteiger partial charge in [0.25, 0.3) is 0 Å². The molecule has 0 radical (unpaired) electrons. The van der Waals surface area contributed by atoms with Crippen LogP contribution >= 0.6 is 35.3 Å². The number of furan rings is 2. The Kier molecular flexibility index (Phi) is 9.25. The molecule has 0 spiro atoms. The molecule has 0 amide bonds. The van der Waals surface area contributed by atoms with Gasteiger partial charge in [0.15, 0.2) is 5.96 Å². The second-order valence-corrected chi connectivity index (χ2v) is 7.89. The van der Waals surface area contributed by atoms with Gasteiger partial charge in [-0.1, -0.05) is 6.07 Å². The van der Waals surface area contributed by atoms with Gasteiger partial charge in [-0.05, 0) is 56.0 Å². The van der Waals surface area contributed by atoms with Gasteiger partial charge < -0.3 is 24.6 Å². The van der Waals surface area contributed by atoms with E-state index in [0.717, 1.165) is 30.9 Å². The molecule has 6 nitrogen and oxygen atoms in total. The fourth-order valence-corrected chi connectivity index (χ4v) is 3.44. The summed E-state index contributed by atoms with van der Waals surface area (Å²) in [6, 6.07) is 11.6. The molecule has 0 saturated heterocycles. The third kappa shape index (κ3) is 7.52. The molecule has 3 N–H and O–H groups in total. The normalized spacial score (nSPS) is 13.6. The predicted molar refractivity (Wildman–Crippen MR) is 127 cm³/mol. The van der Waals surface area contributed by atoms with Crippen molar-refractivity contribution >= 4 is 41.3 Å². The number of aryl methyl sites for hydroxylation is 1. The number of thiophene rings is 1. The summed E-state index contributed by atoms with van der Waals surface area (Å²) in [5.74, 6) is 2.86. The van der Waals surface area contributed by atoms with Gasteiger partial charge in [-0.15, -0.1) is 35.3 Å². The molecular formula is C21H28IN3O3S. The molecule has 0 saturated carbocycles. The molecule has 0 aliphatic heterocycles. The Balaban J connectivity index is 0.00000300. The average Bonchev–Trinajstić information content (AvgIpc) is 3.42. The molecule has 0 fully saturated rings. The van der Waals surface area contributed by atoms with Crippen molar-refractivity contribution in [2.45, 2.75) is 32.3 Å². The summed E-state index contributed by atoms with van der Waals surface area (Å²) in [5.41, 5.74) is -1.17. The number of hydrogen-bond donors (Lipinski definition) is 3. The number of aliphatic imine (C=N–C) groups is 1. The Morgan fingerprint density at radius 2 is 1.93 bits per heavy atom. The van der Waals surface area contributed by atoms with Crippen LogP contribution in [0.2, 0.25) is 0 Å². The van der Waals surface area contributed by atoms with Gasteiger partial charge >= 0.3 is 0 Å². The standard InChI is InChI=1S/C21H27N3O3S.HI/c1-16-7-8-19(27-16)21(2,25)15-24-20(22-11-9-17-5-3-13-26-17)23-12-10-18-6-4-14-28-18;/h3-8,13-14,25H,9-12,15H2,1-2H3,(H2,22,23,24);1H. The highest BCUT2D eigenvalue weighted by Crippen LogP contribution is 2.23. The molecule has 0 aliphatic carbocycles. The summed E-state index contributed by atoms with van der Waals surface area (Å²) < 4.78 is 10.9. The summed E-state index contributed by atoms with van der Waals surface area (Å²) in [7, 11) is 0. The van der Waals surface area contributed by atoms with Crippen LogP contribution < -0.4 is 10.6 Å². The first-order chi connectivity index (χ1) is 13.5. The summed E-state index contributed by atoms with van der Waals surface area (Å²) in [5, 5.41) is 19.5. The maximum Gasteiger partial charge on any atom is 0.191 e. The van der Waals surface area contributed by atoms with Crippen molar-refractivity contribution in [3.8, 4) is 0 Å². The van der Waals surface area contributed by atoms with Crippen LogP contribution in [-0.2, 0) is 18.4 Å². The summed E-state index contributed by atoms with van der Waals surface area (Å²) in [4.78, 5) is 5.90. The van der Waals surface area contributed by atoms with Crippen LogP contribution in [0.4, 0.5) is 0 Å². The zero-order valence-corrected chi connectivity index (χ0v) is 19.8. The average molecular weight is 529 g/mol. The van der Waals surface area contributed by atoms with Crippen LogP contribution in [0.3, 0.4) is 0 Å². The number of nitrogens with zero attached hydrogens (tertiary/aromatic N) is 1. The van der Waals surface area contributed by atoms with E-state index in [1.165, 1.54) is 4.88 Å². The van der Waals surface area contributed by atoms with Gasteiger partial charge in [0.2, 0.25) is 0 Å². The van der Waals surface area contributed by atoms with E-state index < -0.39 is 5.60 Å². The van der Waals surface area contributed by atoms with E-state index >= 15 is 0 Å². The van der Waals surface area contributed by atoms with Gasteiger partial charge in [-0.2, -0.15) is 0 Å².